The van der Waals surface area contributed by atoms with Crippen molar-refractivity contribution in [2.45, 2.75) is 51.7 Å². The third-order valence-electron chi connectivity index (χ3n) is 3.29. The highest BCUT2D eigenvalue weighted by Crippen LogP contribution is 2.13. The maximum Gasteiger partial charge on any atom is 0.308 e. The fraction of sp³-hybridized carbons (Fsp3) is 0.526. The summed E-state index contributed by atoms with van der Waals surface area (Å²) in [5, 5.41) is 2.39. The number of ether oxygens (including phenoxy) is 1. The number of rotatable bonds is 9. The number of carbonyl (C=O) groups is 3. The van der Waals surface area contributed by atoms with Gasteiger partial charge >= 0.3 is 5.97 Å². The summed E-state index contributed by atoms with van der Waals surface area (Å²) in [4.78, 5) is 36.0. The zero-order valence-corrected chi connectivity index (χ0v) is 17.8. The van der Waals surface area contributed by atoms with Crippen LogP contribution in [0, 0.1) is 0 Å². The Hall–Kier alpha value is -1.34. The van der Waals surface area contributed by atoms with Gasteiger partial charge in [-0.15, -0.1) is 0 Å². The number of thioether (sulfide) groups is 1. The van der Waals surface area contributed by atoms with Crippen molar-refractivity contribution in [2.24, 2.45) is 0 Å². The van der Waals surface area contributed by atoms with Crippen molar-refractivity contribution in [1.82, 2.24) is 5.32 Å². The zero-order valence-electron chi connectivity index (χ0n) is 15.4. The topological polar surface area (TPSA) is 72.5 Å². The van der Waals surface area contributed by atoms with E-state index in [2.05, 4.69) is 33.4 Å². The maximum atomic E-state index is 12.1. The number of alkyl halides is 1. The van der Waals surface area contributed by atoms with Crippen molar-refractivity contribution in [1.29, 1.82) is 0 Å². The van der Waals surface area contributed by atoms with Gasteiger partial charge in [0.05, 0.1) is 17.8 Å². The predicted molar refractivity (Wildman–Crippen MR) is 109 cm³/mol. The molecule has 0 fully saturated rings. The quantitative estimate of drug-likeness (QED) is 0.352. The van der Waals surface area contributed by atoms with Crippen LogP contribution in [0.1, 0.15) is 39.2 Å². The Morgan fingerprint density at radius 2 is 1.85 bits per heavy atom. The molecule has 144 valence electrons. The molecule has 1 atom stereocenters. The molecule has 0 saturated carbocycles. The van der Waals surface area contributed by atoms with Crippen LogP contribution < -0.4 is 5.32 Å². The standard InChI is InChI=1S/C19H26BrNO4S/c1-19(2,3)25-17(23)12-15(16(22)13-20)21-18(24)26-11-7-10-14-8-5-4-6-9-14/h4-6,8-9,15H,7,10-13H2,1-3H3,(H,21,24). The minimum absolute atomic E-state index is 0.0689. The molecule has 1 unspecified atom stereocenters. The fourth-order valence-electron chi connectivity index (χ4n) is 2.16. The number of amides is 1. The number of ketones is 1. The van der Waals surface area contributed by atoms with Gasteiger partial charge in [-0.25, -0.2) is 0 Å². The molecule has 0 heterocycles. The van der Waals surface area contributed by atoms with E-state index in [1.54, 1.807) is 20.8 Å². The van der Waals surface area contributed by atoms with Crippen molar-refractivity contribution in [3.05, 3.63) is 35.9 Å². The van der Waals surface area contributed by atoms with Gasteiger partial charge in [0, 0.05) is 5.75 Å². The summed E-state index contributed by atoms with van der Waals surface area (Å²) in [5.74, 6) is -0.122. The third kappa shape index (κ3) is 9.97. The SMILES string of the molecule is CC(C)(C)OC(=O)CC(NC(=O)SCCCc1ccccc1)C(=O)CBr. The van der Waals surface area contributed by atoms with E-state index in [-0.39, 0.29) is 22.8 Å². The predicted octanol–water partition coefficient (Wildman–Crippen LogP) is 4.13. The van der Waals surface area contributed by atoms with Crippen LogP contribution in [0.25, 0.3) is 0 Å². The van der Waals surface area contributed by atoms with Crippen LogP contribution in [0.3, 0.4) is 0 Å². The summed E-state index contributed by atoms with van der Waals surface area (Å²) in [7, 11) is 0. The van der Waals surface area contributed by atoms with Crippen molar-refractivity contribution < 1.29 is 19.1 Å². The van der Waals surface area contributed by atoms with Crippen LogP contribution in [0.2, 0.25) is 0 Å². The van der Waals surface area contributed by atoms with Gasteiger partial charge in [0.15, 0.2) is 5.78 Å². The number of esters is 1. The molecule has 1 rings (SSSR count). The molecular formula is C19H26BrNO4S. The average Bonchev–Trinajstić information content (AvgIpc) is 2.56. The lowest BCUT2D eigenvalue weighted by Crippen LogP contribution is -2.42. The van der Waals surface area contributed by atoms with Gasteiger partial charge in [-0.3, -0.25) is 14.4 Å². The number of carbonyl (C=O) groups excluding carboxylic acids is 3. The minimum atomic E-state index is -0.877. The monoisotopic (exact) mass is 443 g/mol. The van der Waals surface area contributed by atoms with Crippen LogP contribution in [-0.2, 0) is 20.7 Å². The van der Waals surface area contributed by atoms with E-state index in [4.69, 9.17) is 4.74 Å². The fourth-order valence-corrected chi connectivity index (χ4v) is 3.25. The van der Waals surface area contributed by atoms with Gasteiger partial charge in [0.2, 0.25) is 0 Å². The number of Topliss-reactive ketones (excluding diaryl/α,β-unsaturated/α-hetero) is 1. The number of aryl methyl sites for hydroxylation is 1. The third-order valence-corrected chi connectivity index (χ3v) is 4.71. The molecule has 1 aromatic rings. The molecule has 26 heavy (non-hydrogen) atoms. The molecule has 1 amide bonds. The van der Waals surface area contributed by atoms with Crippen molar-refractivity contribution in [3.63, 3.8) is 0 Å². The highest BCUT2D eigenvalue weighted by molar-refractivity contribution is 9.09. The van der Waals surface area contributed by atoms with Crippen LogP contribution in [0.4, 0.5) is 4.79 Å². The van der Waals surface area contributed by atoms with E-state index in [1.165, 1.54) is 5.56 Å². The van der Waals surface area contributed by atoms with Gasteiger partial charge in [0.1, 0.15) is 5.60 Å². The summed E-state index contributed by atoms with van der Waals surface area (Å²) in [5.41, 5.74) is 0.598. The van der Waals surface area contributed by atoms with E-state index in [9.17, 15) is 14.4 Å². The summed E-state index contributed by atoms with van der Waals surface area (Å²) >= 11 is 4.21. The van der Waals surface area contributed by atoms with Crippen LogP contribution >= 0.6 is 27.7 Å². The van der Waals surface area contributed by atoms with Crippen LogP contribution in [0.15, 0.2) is 30.3 Å². The molecule has 0 aliphatic carbocycles. The second-order valence-electron chi connectivity index (χ2n) is 6.81. The Balaban J connectivity index is 2.42. The lowest BCUT2D eigenvalue weighted by atomic mass is 10.1. The first-order valence-corrected chi connectivity index (χ1v) is 10.6. The Labute approximate surface area is 167 Å². The molecule has 0 radical (unpaired) electrons. The summed E-state index contributed by atoms with van der Waals surface area (Å²) in [6.45, 7) is 5.27. The molecule has 1 N–H and O–H groups in total. The highest BCUT2D eigenvalue weighted by Gasteiger charge is 2.26. The van der Waals surface area contributed by atoms with E-state index < -0.39 is 17.6 Å². The largest absolute Gasteiger partial charge is 0.460 e. The molecule has 7 heteroatoms. The molecule has 5 nitrogen and oxygen atoms in total. The first-order chi connectivity index (χ1) is 12.2. The molecule has 0 aromatic heterocycles. The number of hydrogen-bond donors (Lipinski definition) is 1. The van der Waals surface area contributed by atoms with Gasteiger partial charge in [0.25, 0.3) is 5.24 Å². The van der Waals surface area contributed by atoms with Gasteiger partial charge < -0.3 is 10.1 Å². The minimum Gasteiger partial charge on any atom is -0.460 e. The smallest absolute Gasteiger partial charge is 0.308 e. The first kappa shape index (κ1) is 22.7. The van der Waals surface area contributed by atoms with E-state index in [0.717, 1.165) is 24.6 Å². The van der Waals surface area contributed by atoms with Gasteiger partial charge in [-0.2, -0.15) is 0 Å². The lowest BCUT2D eigenvalue weighted by Gasteiger charge is -2.22. The summed E-state index contributed by atoms with van der Waals surface area (Å²) in [6, 6.07) is 9.17. The number of halogens is 1. The average molecular weight is 444 g/mol. The van der Waals surface area contributed by atoms with Crippen LogP contribution in [0.5, 0.6) is 0 Å². The Morgan fingerprint density at radius 3 is 2.42 bits per heavy atom. The summed E-state index contributed by atoms with van der Waals surface area (Å²) in [6.07, 6.45) is 1.58. The number of hydrogen-bond acceptors (Lipinski definition) is 5. The Morgan fingerprint density at radius 1 is 1.19 bits per heavy atom. The van der Waals surface area contributed by atoms with Crippen molar-refractivity contribution in [2.75, 3.05) is 11.1 Å². The van der Waals surface area contributed by atoms with Crippen LogP contribution in [-0.4, -0.2) is 39.7 Å². The van der Waals surface area contributed by atoms with Crippen molar-refractivity contribution in [3.8, 4) is 0 Å². The molecule has 0 bridgehead atoms. The van der Waals surface area contributed by atoms with E-state index >= 15 is 0 Å². The maximum absolute atomic E-state index is 12.1. The summed E-state index contributed by atoms with van der Waals surface area (Å²) < 4.78 is 5.23. The van der Waals surface area contributed by atoms with Crippen molar-refractivity contribution >= 4 is 44.7 Å². The highest BCUT2D eigenvalue weighted by atomic mass is 79.9. The van der Waals surface area contributed by atoms with E-state index in [1.807, 2.05) is 18.2 Å². The molecule has 0 spiro atoms. The first-order valence-electron chi connectivity index (χ1n) is 8.49. The molecule has 0 aliphatic rings. The second-order valence-corrected chi connectivity index (χ2v) is 8.44. The van der Waals surface area contributed by atoms with Gasteiger partial charge in [-0.1, -0.05) is 58.0 Å². The Kier molecular flexibility index (Phi) is 9.94. The zero-order chi connectivity index (χ0) is 19.6. The molecule has 0 aliphatic heterocycles. The van der Waals surface area contributed by atoms with E-state index in [0.29, 0.717) is 5.75 Å². The second kappa shape index (κ2) is 11.4. The molecule has 0 saturated heterocycles. The molecular weight excluding hydrogens is 418 g/mol. The number of benzene rings is 1. The lowest BCUT2D eigenvalue weighted by molar-refractivity contribution is -0.156. The molecule has 1 aromatic carbocycles. The normalized spacial score (nSPS) is 12.3. The van der Waals surface area contributed by atoms with Gasteiger partial charge in [-0.05, 0) is 39.2 Å². The Bertz CT molecular complexity index is 601. The number of nitrogens with one attached hydrogen (secondary N) is 1.